The number of aryl methyl sites for hydroxylation is 1. The summed E-state index contributed by atoms with van der Waals surface area (Å²) in [5.41, 5.74) is 0.901. The number of carbonyl (C=O) groups excluding carboxylic acids is 1. The molecule has 0 bridgehead atoms. The third kappa shape index (κ3) is 3.98. The number of nitrogens with zero attached hydrogens (tertiary/aromatic N) is 4. The molecule has 28 heavy (non-hydrogen) atoms. The minimum absolute atomic E-state index is 0.286. The van der Waals surface area contributed by atoms with Crippen molar-refractivity contribution in [3.8, 4) is 0 Å². The van der Waals surface area contributed by atoms with Crippen LogP contribution >= 0.6 is 11.3 Å². The van der Waals surface area contributed by atoms with E-state index in [1.165, 1.54) is 11.3 Å². The van der Waals surface area contributed by atoms with Crippen LogP contribution in [0.5, 0.6) is 0 Å². The maximum atomic E-state index is 12.4. The van der Waals surface area contributed by atoms with Gasteiger partial charge in [-0.05, 0) is 19.4 Å². The lowest BCUT2D eigenvalue weighted by Crippen LogP contribution is -2.38. The lowest BCUT2D eigenvalue weighted by Gasteiger charge is -2.29. The van der Waals surface area contributed by atoms with Crippen LogP contribution < -0.4 is 4.90 Å². The topological polar surface area (TPSA) is 77.0 Å². The van der Waals surface area contributed by atoms with E-state index in [4.69, 9.17) is 24.2 Å². The highest BCUT2D eigenvalue weighted by atomic mass is 32.1. The number of carbonyl (C=O) groups is 1. The van der Waals surface area contributed by atoms with Gasteiger partial charge in [0.05, 0.1) is 45.0 Å². The van der Waals surface area contributed by atoms with Crippen LogP contribution in [0.15, 0.2) is 0 Å². The average molecular weight is 407 g/mol. The Morgan fingerprint density at radius 1 is 1.11 bits per heavy atom. The molecule has 0 aliphatic carbocycles. The van der Waals surface area contributed by atoms with Gasteiger partial charge in [-0.3, -0.25) is 4.90 Å². The third-order valence-corrected chi connectivity index (χ3v) is 6.22. The second kappa shape index (κ2) is 8.69. The lowest BCUT2D eigenvalue weighted by atomic mass is 10.2. The molecule has 2 saturated heterocycles. The van der Waals surface area contributed by atoms with Gasteiger partial charge in [-0.2, -0.15) is 0 Å². The molecule has 2 aliphatic heterocycles. The van der Waals surface area contributed by atoms with E-state index in [9.17, 15) is 4.79 Å². The van der Waals surface area contributed by atoms with Crippen molar-refractivity contribution in [1.82, 2.24) is 14.9 Å². The summed E-state index contributed by atoms with van der Waals surface area (Å²) in [7, 11) is 0. The predicted octanol–water partition coefficient (Wildman–Crippen LogP) is 1.85. The Hall–Kier alpha value is -1.81. The van der Waals surface area contributed by atoms with Crippen LogP contribution in [0.2, 0.25) is 0 Å². The van der Waals surface area contributed by atoms with Crippen molar-refractivity contribution in [3.63, 3.8) is 0 Å². The largest absolute Gasteiger partial charge is 0.462 e. The summed E-state index contributed by atoms with van der Waals surface area (Å²) in [6.07, 6.45) is 0. The van der Waals surface area contributed by atoms with Gasteiger partial charge >= 0.3 is 5.97 Å². The number of thiophene rings is 1. The smallest absolute Gasteiger partial charge is 0.348 e. The van der Waals surface area contributed by atoms with Crippen LogP contribution in [-0.2, 0) is 20.8 Å². The molecule has 4 rings (SSSR count). The third-order valence-electron chi connectivity index (χ3n) is 5.06. The first kappa shape index (κ1) is 19.5. The standard InChI is InChI=1S/C19H26N4O4S/c1-3-27-19(24)16-13(2)15-17(23-6-10-26-11-7-23)20-14(21-18(15)28-16)12-22-4-8-25-9-5-22/h3-12H2,1-2H3. The lowest BCUT2D eigenvalue weighted by molar-refractivity contribution is 0.0331. The molecule has 0 saturated carbocycles. The summed E-state index contributed by atoms with van der Waals surface area (Å²) in [5, 5.41) is 0.959. The number of aromatic nitrogens is 2. The van der Waals surface area contributed by atoms with Gasteiger partial charge in [0, 0.05) is 26.2 Å². The van der Waals surface area contributed by atoms with Gasteiger partial charge in [-0.25, -0.2) is 14.8 Å². The number of morpholine rings is 2. The maximum absolute atomic E-state index is 12.4. The van der Waals surface area contributed by atoms with Crippen molar-refractivity contribution in [3.05, 3.63) is 16.3 Å². The first-order valence-electron chi connectivity index (χ1n) is 9.77. The fourth-order valence-electron chi connectivity index (χ4n) is 3.59. The number of ether oxygens (including phenoxy) is 3. The molecule has 2 aliphatic rings. The second-order valence-electron chi connectivity index (χ2n) is 6.91. The fourth-order valence-corrected chi connectivity index (χ4v) is 4.67. The molecule has 2 aromatic heterocycles. The minimum atomic E-state index is -0.286. The van der Waals surface area contributed by atoms with E-state index >= 15 is 0 Å². The van der Waals surface area contributed by atoms with Gasteiger partial charge in [0.25, 0.3) is 0 Å². The number of fused-ring (bicyclic) bond motifs is 1. The number of rotatable bonds is 5. The molecule has 0 amide bonds. The second-order valence-corrected chi connectivity index (χ2v) is 7.91. The number of anilines is 1. The normalized spacial score (nSPS) is 18.6. The summed E-state index contributed by atoms with van der Waals surface area (Å²) in [6.45, 7) is 11.0. The summed E-state index contributed by atoms with van der Waals surface area (Å²) in [4.78, 5) is 28.2. The SMILES string of the molecule is CCOC(=O)c1sc2nc(CN3CCOCC3)nc(N3CCOCC3)c2c1C. The molecule has 2 aromatic rings. The highest BCUT2D eigenvalue weighted by Crippen LogP contribution is 2.36. The van der Waals surface area contributed by atoms with E-state index in [2.05, 4.69) is 9.80 Å². The highest BCUT2D eigenvalue weighted by Gasteiger charge is 2.25. The summed E-state index contributed by atoms with van der Waals surface area (Å²) in [6, 6.07) is 0. The van der Waals surface area contributed by atoms with E-state index in [1.54, 1.807) is 0 Å². The van der Waals surface area contributed by atoms with Gasteiger partial charge in [-0.1, -0.05) is 0 Å². The molecule has 0 N–H and O–H groups in total. The Kier molecular flexibility index (Phi) is 6.05. The Morgan fingerprint density at radius 2 is 1.79 bits per heavy atom. The van der Waals surface area contributed by atoms with Gasteiger partial charge < -0.3 is 19.1 Å². The van der Waals surface area contributed by atoms with Crippen molar-refractivity contribution < 1.29 is 19.0 Å². The molecular formula is C19H26N4O4S. The molecule has 9 heteroatoms. The average Bonchev–Trinajstić information content (AvgIpc) is 3.06. The van der Waals surface area contributed by atoms with Gasteiger partial charge in [0.15, 0.2) is 0 Å². The van der Waals surface area contributed by atoms with Gasteiger partial charge in [0.1, 0.15) is 21.3 Å². The Labute approximate surface area is 168 Å². The molecule has 152 valence electrons. The molecule has 2 fully saturated rings. The minimum Gasteiger partial charge on any atom is -0.462 e. The van der Waals surface area contributed by atoms with Crippen LogP contribution in [0.1, 0.15) is 28.0 Å². The zero-order valence-electron chi connectivity index (χ0n) is 16.4. The Balaban J connectivity index is 1.75. The monoisotopic (exact) mass is 406 g/mol. The Morgan fingerprint density at radius 3 is 2.46 bits per heavy atom. The van der Waals surface area contributed by atoms with E-state index < -0.39 is 0 Å². The molecule has 8 nitrogen and oxygen atoms in total. The zero-order chi connectivity index (χ0) is 19.5. The van der Waals surface area contributed by atoms with Crippen molar-refractivity contribution in [1.29, 1.82) is 0 Å². The predicted molar refractivity (Wildman–Crippen MR) is 107 cm³/mol. The van der Waals surface area contributed by atoms with Crippen LogP contribution in [0, 0.1) is 6.92 Å². The number of esters is 1. The quantitative estimate of drug-likeness (QED) is 0.697. The maximum Gasteiger partial charge on any atom is 0.348 e. The first-order chi connectivity index (χ1) is 13.7. The van der Waals surface area contributed by atoms with Gasteiger partial charge in [-0.15, -0.1) is 11.3 Å². The van der Waals surface area contributed by atoms with Crippen LogP contribution in [0.3, 0.4) is 0 Å². The van der Waals surface area contributed by atoms with Crippen molar-refractivity contribution in [2.45, 2.75) is 20.4 Å². The zero-order valence-corrected chi connectivity index (χ0v) is 17.2. The van der Waals surface area contributed by atoms with Crippen molar-refractivity contribution in [2.24, 2.45) is 0 Å². The molecular weight excluding hydrogens is 380 g/mol. The van der Waals surface area contributed by atoms with Crippen LogP contribution in [-0.4, -0.2) is 80.1 Å². The highest BCUT2D eigenvalue weighted by molar-refractivity contribution is 7.20. The molecule has 0 spiro atoms. The molecule has 0 radical (unpaired) electrons. The van der Waals surface area contributed by atoms with E-state index in [-0.39, 0.29) is 5.97 Å². The Bertz CT molecular complexity index is 844. The van der Waals surface area contributed by atoms with E-state index in [0.717, 1.165) is 66.8 Å². The van der Waals surface area contributed by atoms with Crippen molar-refractivity contribution in [2.75, 3.05) is 64.1 Å². The summed E-state index contributed by atoms with van der Waals surface area (Å²) < 4.78 is 16.2. The fraction of sp³-hybridized carbons (Fsp3) is 0.632. The number of hydrogen-bond donors (Lipinski definition) is 0. The van der Waals surface area contributed by atoms with E-state index in [0.29, 0.717) is 31.2 Å². The van der Waals surface area contributed by atoms with Gasteiger partial charge in [0.2, 0.25) is 0 Å². The summed E-state index contributed by atoms with van der Waals surface area (Å²) in [5.74, 6) is 1.40. The van der Waals surface area contributed by atoms with Crippen LogP contribution in [0.4, 0.5) is 5.82 Å². The molecule has 0 unspecified atom stereocenters. The van der Waals surface area contributed by atoms with E-state index in [1.807, 2.05) is 13.8 Å². The van der Waals surface area contributed by atoms with Crippen molar-refractivity contribution >= 4 is 33.3 Å². The molecule has 4 heterocycles. The number of hydrogen-bond acceptors (Lipinski definition) is 9. The molecule has 0 aromatic carbocycles. The molecule has 0 atom stereocenters. The summed E-state index contributed by atoms with van der Waals surface area (Å²) >= 11 is 1.40. The first-order valence-corrected chi connectivity index (χ1v) is 10.6. The van der Waals surface area contributed by atoms with Crippen LogP contribution in [0.25, 0.3) is 10.2 Å².